The third-order valence-electron chi connectivity index (χ3n) is 2.79. The van der Waals surface area contributed by atoms with E-state index in [1.165, 1.54) is 5.56 Å². The summed E-state index contributed by atoms with van der Waals surface area (Å²) in [6, 6.07) is 11.2. The van der Waals surface area contributed by atoms with Crippen LogP contribution in [0.4, 0.5) is 0 Å². The van der Waals surface area contributed by atoms with Crippen molar-refractivity contribution in [1.82, 2.24) is 4.98 Å². The van der Waals surface area contributed by atoms with E-state index < -0.39 is 0 Å². The second-order valence-electron chi connectivity index (χ2n) is 4.63. The van der Waals surface area contributed by atoms with Gasteiger partial charge in [-0.15, -0.1) is 0 Å². The standard InChI is InChI=1S/C15H17N3O/c1-10(2)11-4-3-5-13(8-11)19-14-9-12(15(16)17)6-7-18-14/h3-10H,1-2H3,(H3,16,17). The maximum Gasteiger partial charge on any atom is 0.219 e. The molecule has 0 bridgehead atoms. The van der Waals surface area contributed by atoms with Crippen molar-refractivity contribution in [3.05, 3.63) is 53.7 Å². The Balaban J connectivity index is 2.23. The van der Waals surface area contributed by atoms with Gasteiger partial charge in [0.05, 0.1) is 0 Å². The number of benzene rings is 1. The second-order valence-corrected chi connectivity index (χ2v) is 4.63. The molecule has 3 N–H and O–H groups in total. The van der Waals surface area contributed by atoms with E-state index in [1.807, 2.05) is 18.2 Å². The quantitative estimate of drug-likeness (QED) is 0.650. The van der Waals surface area contributed by atoms with Crippen LogP contribution >= 0.6 is 0 Å². The Hall–Kier alpha value is -2.36. The van der Waals surface area contributed by atoms with E-state index in [4.69, 9.17) is 15.9 Å². The maximum absolute atomic E-state index is 7.40. The third kappa shape index (κ3) is 3.31. The summed E-state index contributed by atoms with van der Waals surface area (Å²) in [4.78, 5) is 4.12. The van der Waals surface area contributed by atoms with Crippen LogP contribution < -0.4 is 10.5 Å². The van der Waals surface area contributed by atoms with Crippen molar-refractivity contribution in [1.29, 1.82) is 5.41 Å². The molecule has 1 heterocycles. The highest BCUT2D eigenvalue weighted by Gasteiger charge is 2.04. The minimum absolute atomic E-state index is 0.00295. The van der Waals surface area contributed by atoms with Crippen LogP contribution in [0, 0.1) is 5.41 Å². The van der Waals surface area contributed by atoms with Gasteiger partial charge in [0.15, 0.2) is 0 Å². The average molecular weight is 255 g/mol. The van der Waals surface area contributed by atoms with Gasteiger partial charge in [0, 0.05) is 17.8 Å². The van der Waals surface area contributed by atoms with E-state index in [1.54, 1.807) is 18.3 Å². The van der Waals surface area contributed by atoms with E-state index in [-0.39, 0.29) is 5.84 Å². The summed E-state index contributed by atoms with van der Waals surface area (Å²) in [7, 11) is 0. The van der Waals surface area contributed by atoms with Crippen LogP contribution in [0.1, 0.15) is 30.9 Å². The third-order valence-corrected chi connectivity index (χ3v) is 2.79. The van der Waals surface area contributed by atoms with Crippen LogP contribution in [-0.2, 0) is 0 Å². The van der Waals surface area contributed by atoms with Crippen molar-refractivity contribution in [2.75, 3.05) is 0 Å². The highest BCUT2D eigenvalue weighted by atomic mass is 16.5. The van der Waals surface area contributed by atoms with Gasteiger partial charge in [0.1, 0.15) is 11.6 Å². The number of aromatic nitrogens is 1. The highest BCUT2D eigenvalue weighted by molar-refractivity contribution is 5.95. The molecule has 0 fully saturated rings. The van der Waals surface area contributed by atoms with Crippen LogP contribution in [0.3, 0.4) is 0 Å². The van der Waals surface area contributed by atoms with E-state index in [2.05, 4.69) is 24.9 Å². The number of pyridine rings is 1. The largest absolute Gasteiger partial charge is 0.439 e. The summed E-state index contributed by atoms with van der Waals surface area (Å²) in [5.74, 6) is 1.62. The topological polar surface area (TPSA) is 72.0 Å². The first kappa shape index (κ1) is 13.1. The second kappa shape index (κ2) is 5.52. The van der Waals surface area contributed by atoms with Gasteiger partial charge >= 0.3 is 0 Å². The average Bonchev–Trinajstić information content (AvgIpc) is 2.39. The van der Waals surface area contributed by atoms with Gasteiger partial charge in [-0.05, 0) is 29.7 Å². The fraction of sp³-hybridized carbons (Fsp3) is 0.200. The van der Waals surface area contributed by atoms with E-state index >= 15 is 0 Å². The number of nitrogens with two attached hydrogens (primary N) is 1. The zero-order valence-corrected chi connectivity index (χ0v) is 11.1. The molecule has 0 spiro atoms. The zero-order valence-electron chi connectivity index (χ0n) is 11.1. The fourth-order valence-electron chi connectivity index (χ4n) is 1.69. The Morgan fingerprint density at radius 1 is 1.26 bits per heavy atom. The Morgan fingerprint density at radius 2 is 2.05 bits per heavy atom. The maximum atomic E-state index is 7.40. The van der Waals surface area contributed by atoms with Crippen LogP contribution in [0.2, 0.25) is 0 Å². The molecule has 0 aliphatic heterocycles. The fourth-order valence-corrected chi connectivity index (χ4v) is 1.69. The lowest BCUT2D eigenvalue weighted by molar-refractivity contribution is 0.462. The first-order chi connectivity index (χ1) is 9.06. The molecule has 2 aromatic rings. The number of hydrogen-bond donors (Lipinski definition) is 2. The summed E-state index contributed by atoms with van der Waals surface area (Å²) < 4.78 is 5.70. The zero-order chi connectivity index (χ0) is 13.8. The Kier molecular flexibility index (Phi) is 3.80. The van der Waals surface area contributed by atoms with Crippen LogP contribution in [0.15, 0.2) is 42.6 Å². The summed E-state index contributed by atoms with van der Waals surface area (Å²) >= 11 is 0. The Morgan fingerprint density at radius 3 is 2.74 bits per heavy atom. The first-order valence-electron chi connectivity index (χ1n) is 6.14. The number of nitrogens with one attached hydrogen (secondary N) is 1. The predicted molar refractivity (Wildman–Crippen MR) is 75.9 cm³/mol. The van der Waals surface area contributed by atoms with Crippen LogP contribution in [-0.4, -0.2) is 10.8 Å². The summed E-state index contributed by atoms with van der Waals surface area (Å²) in [6.07, 6.45) is 1.58. The van der Waals surface area contributed by atoms with Gasteiger partial charge < -0.3 is 10.5 Å². The lowest BCUT2D eigenvalue weighted by atomic mass is 10.0. The summed E-state index contributed by atoms with van der Waals surface area (Å²) in [6.45, 7) is 4.27. The predicted octanol–water partition coefficient (Wildman–Crippen LogP) is 3.28. The van der Waals surface area contributed by atoms with E-state index in [0.717, 1.165) is 5.75 Å². The molecular formula is C15H17N3O. The van der Waals surface area contributed by atoms with Crippen molar-refractivity contribution in [3.8, 4) is 11.6 Å². The van der Waals surface area contributed by atoms with Crippen LogP contribution in [0.25, 0.3) is 0 Å². The van der Waals surface area contributed by atoms with Crippen molar-refractivity contribution >= 4 is 5.84 Å². The van der Waals surface area contributed by atoms with Gasteiger partial charge in [-0.2, -0.15) is 0 Å². The van der Waals surface area contributed by atoms with E-state index in [9.17, 15) is 0 Å². The number of nitrogens with zero attached hydrogens (tertiary/aromatic N) is 1. The molecule has 0 aliphatic rings. The molecule has 4 nitrogen and oxygen atoms in total. The number of nitrogen functional groups attached to an aromatic ring is 1. The number of amidine groups is 1. The molecular weight excluding hydrogens is 238 g/mol. The normalized spacial score (nSPS) is 10.5. The first-order valence-corrected chi connectivity index (χ1v) is 6.14. The van der Waals surface area contributed by atoms with E-state index in [0.29, 0.717) is 17.4 Å². The van der Waals surface area contributed by atoms with Gasteiger partial charge in [0.25, 0.3) is 0 Å². The van der Waals surface area contributed by atoms with Gasteiger partial charge in [-0.3, -0.25) is 5.41 Å². The minimum atomic E-state index is 0.00295. The Labute approximate surface area is 112 Å². The highest BCUT2D eigenvalue weighted by Crippen LogP contribution is 2.24. The molecule has 0 atom stereocenters. The van der Waals surface area contributed by atoms with Crippen molar-refractivity contribution in [2.24, 2.45) is 5.73 Å². The lowest BCUT2D eigenvalue weighted by Crippen LogP contribution is -2.11. The molecule has 98 valence electrons. The molecule has 0 aliphatic carbocycles. The Bertz CT molecular complexity index is 593. The summed E-state index contributed by atoms with van der Waals surface area (Å²) in [5, 5.41) is 7.40. The molecule has 0 saturated carbocycles. The minimum Gasteiger partial charge on any atom is -0.439 e. The number of ether oxygens (including phenoxy) is 1. The van der Waals surface area contributed by atoms with Gasteiger partial charge in [-0.25, -0.2) is 4.98 Å². The SMILES string of the molecule is CC(C)c1cccc(Oc2cc(C(=N)N)ccn2)c1. The summed E-state index contributed by atoms with van der Waals surface area (Å²) in [5.41, 5.74) is 7.25. The molecule has 0 amide bonds. The molecule has 1 aromatic carbocycles. The smallest absolute Gasteiger partial charge is 0.219 e. The molecule has 1 aromatic heterocycles. The van der Waals surface area contributed by atoms with Gasteiger partial charge in [0.2, 0.25) is 5.88 Å². The monoisotopic (exact) mass is 255 g/mol. The molecule has 0 radical (unpaired) electrons. The molecule has 0 saturated heterocycles. The lowest BCUT2D eigenvalue weighted by Gasteiger charge is -2.09. The molecule has 0 unspecified atom stereocenters. The molecule has 19 heavy (non-hydrogen) atoms. The van der Waals surface area contributed by atoms with Crippen LogP contribution in [0.5, 0.6) is 11.6 Å². The molecule has 4 heteroatoms. The van der Waals surface area contributed by atoms with Crippen molar-refractivity contribution < 1.29 is 4.74 Å². The van der Waals surface area contributed by atoms with Gasteiger partial charge in [-0.1, -0.05) is 26.0 Å². The van der Waals surface area contributed by atoms with Crippen molar-refractivity contribution in [3.63, 3.8) is 0 Å². The number of rotatable bonds is 4. The number of hydrogen-bond acceptors (Lipinski definition) is 3. The van der Waals surface area contributed by atoms with Crippen molar-refractivity contribution in [2.45, 2.75) is 19.8 Å². The molecule has 2 rings (SSSR count).